The molecule has 0 aliphatic heterocycles. The van der Waals surface area contributed by atoms with Crippen LogP contribution in [0.2, 0.25) is 0 Å². The smallest absolute Gasteiger partial charge is 0.435 e. The van der Waals surface area contributed by atoms with Gasteiger partial charge in [0.05, 0.1) is 19.3 Å². The number of hydrogen-bond donors (Lipinski definition) is 1. The summed E-state index contributed by atoms with van der Waals surface area (Å²) in [6, 6.07) is 5.79. The van der Waals surface area contributed by atoms with Crippen molar-refractivity contribution >= 4 is 5.91 Å². The quantitative estimate of drug-likeness (QED) is 0.754. The molecule has 1 atom stereocenters. The SMILES string of the molecule is CCOc1ccc(C(C)NC(=O)Cn2ccc(C(F)(F)F)n2)cc1OCC. The topological polar surface area (TPSA) is 65.4 Å². The maximum absolute atomic E-state index is 12.6. The van der Waals surface area contributed by atoms with E-state index >= 15 is 0 Å². The summed E-state index contributed by atoms with van der Waals surface area (Å²) >= 11 is 0. The number of alkyl halides is 3. The number of hydrogen-bond acceptors (Lipinski definition) is 4. The first-order chi connectivity index (χ1) is 12.7. The Morgan fingerprint density at radius 3 is 2.44 bits per heavy atom. The maximum Gasteiger partial charge on any atom is 0.435 e. The van der Waals surface area contributed by atoms with Crippen LogP contribution in [-0.4, -0.2) is 28.9 Å². The Labute approximate surface area is 155 Å². The Kier molecular flexibility index (Phi) is 6.70. The summed E-state index contributed by atoms with van der Waals surface area (Å²) in [6.45, 7) is 6.14. The van der Waals surface area contributed by atoms with Crippen molar-refractivity contribution in [3.8, 4) is 11.5 Å². The molecule has 148 valence electrons. The van der Waals surface area contributed by atoms with Gasteiger partial charge in [-0.05, 0) is 44.5 Å². The number of nitrogens with zero attached hydrogens (tertiary/aromatic N) is 2. The molecule has 1 N–H and O–H groups in total. The Morgan fingerprint density at radius 1 is 1.19 bits per heavy atom. The normalized spacial score (nSPS) is 12.5. The second-order valence-corrected chi connectivity index (χ2v) is 5.76. The van der Waals surface area contributed by atoms with Gasteiger partial charge in [0.15, 0.2) is 17.2 Å². The van der Waals surface area contributed by atoms with Crippen molar-refractivity contribution in [3.63, 3.8) is 0 Å². The fourth-order valence-electron chi connectivity index (χ4n) is 2.46. The predicted molar refractivity (Wildman–Crippen MR) is 92.6 cm³/mol. The molecule has 1 amide bonds. The van der Waals surface area contributed by atoms with Gasteiger partial charge in [-0.1, -0.05) is 6.07 Å². The second-order valence-electron chi connectivity index (χ2n) is 5.76. The molecule has 1 heterocycles. The van der Waals surface area contributed by atoms with E-state index in [4.69, 9.17) is 9.47 Å². The third kappa shape index (κ3) is 5.63. The molecule has 1 unspecified atom stereocenters. The van der Waals surface area contributed by atoms with Gasteiger partial charge in [-0.15, -0.1) is 0 Å². The van der Waals surface area contributed by atoms with Gasteiger partial charge in [-0.25, -0.2) is 0 Å². The predicted octanol–water partition coefficient (Wildman–Crippen LogP) is 3.58. The summed E-state index contributed by atoms with van der Waals surface area (Å²) in [7, 11) is 0. The Hall–Kier alpha value is -2.71. The van der Waals surface area contributed by atoms with Crippen LogP contribution in [0.15, 0.2) is 30.5 Å². The molecular formula is C18H22F3N3O3. The van der Waals surface area contributed by atoms with E-state index in [1.165, 1.54) is 0 Å². The van der Waals surface area contributed by atoms with Gasteiger partial charge in [0.1, 0.15) is 6.54 Å². The first-order valence-electron chi connectivity index (χ1n) is 8.54. The van der Waals surface area contributed by atoms with Gasteiger partial charge in [-0.3, -0.25) is 9.48 Å². The van der Waals surface area contributed by atoms with Crippen LogP contribution in [0.5, 0.6) is 11.5 Å². The molecule has 0 spiro atoms. The summed E-state index contributed by atoms with van der Waals surface area (Å²) in [5, 5.41) is 6.10. The van der Waals surface area contributed by atoms with E-state index in [0.29, 0.717) is 24.7 Å². The van der Waals surface area contributed by atoms with Crippen molar-refractivity contribution in [2.75, 3.05) is 13.2 Å². The maximum atomic E-state index is 12.6. The molecule has 0 radical (unpaired) electrons. The van der Waals surface area contributed by atoms with E-state index in [1.54, 1.807) is 25.1 Å². The number of aromatic nitrogens is 2. The van der Waals surface area contributed by atoms with Gasteiger partial charge in [0.2, 0.25) is 5.91 Å². The van der Waals surface area contributed by atoms with Crippen molar-refractivity contribution in [1.29, 1.82) is 0 Å². The van der Waals surface area contributed by atoms with E-state index in [-0.39, 0.29) is 12.6 Å². The highest BCUT2D eigenvalue weighted by Gasteiger charge is 2.33. The zero-order valence-corrected chi connectivity index (χ0v) is 15.3. The zero-order chi connectivity index (χ0) is 20.0. The summed E-state index contributed by atoms with van der Waals surface area (Å²) < 4.78 is 49.7. The van der Waals surface area contributed by atoms with Gasteiger partial charge in [-0.2, -0.15) is 18.3 Å². The Balaban J connectivity index is 2.03. The molecule has 6 nitrogen and oxygen atoms in total. The van der Waals surface area contributed by atoms with Crippen LogP contribution in [0.25, 0.3) is 0 Å². The lowest BCUT2D eigenvalue weighted by Crippen LogP contribution is -2.30. The van der Waals surface area contributed by atoms with E-state index in [9.17, 15) is 18.0 Å². The molecule has 0 fully saturated rings. The Morgan fingerprint density at radius 2 is 1.85 bits per heavy atom. The lowest BCUT2D eigenvalue weighted by atomic mass is 10.1. The number of benzene rings is 1. The van der Waals surface area contributed by atoms with Gasteiger partial charge in [0, 0.05) is 6.20 Å². The zero-order valence-electron chi connectivity index (χ0n) is 15.3. The highest BCUT2D eigenvalue weighted by atomic mass is 19.4. The van der Waals surface area contributed by atoms with Gasteiger partial charge < -0.3 is 14.8 Å². The molecule has 27 heavy (non-hydrogen) atoms. The van der Waals surface area contributed by atoms with E-state index in [0.717, 1.165) is 22.5 Å². The van der Waals surface area contributed by atoms with Crippen molar-refractivity contribution in [2.45, 2.75) is 39.5 Å². The molecule has 0 bridgehead atoms. The van der Waals surface area contributed by atoms with E-state index in [2.05, 4.69) is 10.4 Å². The molecule has 0 saturated carbocycles. The van der Waals surface area contributed by atoms with Crippen molar-refractivity contribution in [1.82, 2.24) is 15.1 Å². The van der Waals surface area contributed by atoms with Crippen LogP contribution in [0, 0.1) is 0 Å². The number of halogens is 3. The van der Waals surface area contributed by atoms with Crippen LogP contribution in [-0.2, 0) is 17.5 Å². The molecule has 1 aromatic carbocycles. The van der Waals surface area contributed by atoms with Crippen molar-refractivity contribution in [3.05, 3.63) is 41.7 Å². The average Bonchev–Trinajstić information content (AvgIpc) is 3.05. The number of rotatable bonds is 8. The molecule has 0 saturated heterocycles. The standard InChI is InChI=1S/C18H22F3N3O3/c1-4-26-14-7-6-13(10-15(14)27-5-2)12(3)22-17(25)11-24-9-8-16(23-24)18(19,20)21/h6-10,12H,4-5,11H2,1-3H3,(H,22,25). The summed E-state index contributed by atoms with van der Waals surface area (Å²) in [4.78, 5) is 12.1. The van der Waals surface area contributed by atoms with Gasteiger partial charge in [0.25, 0.3) is 0 Å². The third-order valence-electron chi connectivity index (χ3n) is 3.68. The minimum absolute atomic E-state index is 0.310. The average molecular weight is 385 g/mol. The van der Waals surface area contributed by atoms with Crippen LogP contribution >= 0.6 is 0 Å². The summed E-state index contributed by atoms with van der Waals surface area (Å²) in [6.07, 6.45) is -3.41. The van der Waals surface area contributed by atoms with E-state index < -0.39 is 17.8 Å². The van der Waals surface area contributed by atoms with Crippen LogP contribution < -0.4 is 14.8 Å². The van der Waals surface area contributed by atoms with E-state index in [1.807, 2.05) is 13.8 Å². The minimum atomic E-state index is -4.53. The number of carbonyl (C=O) groups excluding carboxylic acids is 1. The number of nitrogens with one attached hydrogen (secondary N) is 1. The molecule has 1 aromatic heterocycles. The molecule has 2 aromatic rings. The lowest BCUT2D eigenvalue weighted by Gasteiger charge is -2.17. The molecular weight excluding hydrogens is 363 g/mol. The first-order valence-corrected chi connectivity index (χ1v) is 8.54. The van der Waals surface area contributed by atoms with Crippen molar-refractivity contribution < 1.29 is 27.4 Å². The highest BCUT2D eigenvalue weighted by Crippen LogP contribution is 2.31. The molecule has 9 heteroatoms. The number of amides is 1. The largest absolute Gasteiger partial charge is 0.490 e. The fourth-order valence-corrected chi connectivity index (χ4v) is 2.46. The Bertz CT molecular complexity index is 775. The fraction of sp³-hybridized carbons (Fsp3) is 0.444. The van der Waals surface area contributed by atoms with Crippen molar-refractivity contribution in [2.24, 2.45) is 0 Å². The minimum Gasteiger partial charge on any atom is -0.490 e. The lowest BCUT2D eigenvalue weighted by molar-refractivity contribution is -0.141. The summed E-state index contributed by atoms with van der Waals surface area (Å²) in [5.41, 5.74) is -0.247. The number of carbonyl (C=O) groups is 1. The summed E-state index contributed by atoms with van der Waals surface area (Å²) in [5.74, 6) is 0.726. The van der Waals surface area contributed by atoms with Crippen LogP contribution in [0.3, 0.4) is 0 Å². The highest BCUT2D eigenvalue weighted by molar-refractivity contribution is 5.76. The monoisotopic (exact) mass is 385 g/mol. The molecule has 0 aliphatic carbocycles. The number of ether oxygens (including phenoxy) is 2. The second kappa shape index (κ2) is 8.79. The molecule has 2 rings (SSSR count). The molecule has 0 aliphatic rings. The first kappa shape index (κ1) is 20.6. The third-order valence-corrected chi connectivity index (χ3v) is 3.68. The van der Waals surface area contributed by atoms with Gasteiger partial charge >= 0.3 is 6.18 Å². The van der Waals surface area contributed by atoms with Crippen LogP contribution in [0.4, 0.5) is 13.2 Å². The van der Waals surface area contributed by atoms with Crippen LogP contribution in [0.1, 0.15) is 38.1 Å².